The van der Waals surface area contributed by atoms with Gasteiger partial charge in [-0.05, 0) is 12.1 Å². The Kier molecular flexibility index (Phi) is 10.9. The van der Waals surface area contributed by atoms with E-state index in [1.165, 1.54) is 38.5 Å². The van der Waals surface area contributed by atoms with E-state index < -0.39 is 86.7 Å². The lowest BCUT2D eigenvalue weighted by molar-refractivity contribution is -0.296. The second-order valence-corrected chi connectivity index (χ2v) is 11.5. The van der Waals surface area contributed by atoms with Crippen molar-refractivity contribution in [2.24, 2.45) is 0 Å². The first-order valence-corrected chi connectivity index (χ1v) is 15.0. The van der Waals surface area contributed by atoms with Crippen molar-refractivity contribution in [1.29, 1.82) is 0 Å². The number of aliphatic hydroxyl groups is 8. The summed E-state index contributed by atoms with van der Waals surface area (Å²) >= 11 is 0. The standard InChI is InChI=1S/C31H38O18/c1-11(33)44-10-21-24(37)26(39)28(41)31(49-21)47-19-8-14-15(45-29(19)12-4-17(42-2)22(35)18(5-12)43-3)6-13(34)7-16(14)46-30-27(40)25(38)23(36)20(9-32)48-30/h4-8,20-21,23-32,34-41H,9-10H2,1-3H3/p+1. The van der Waals surface area contributed by atoms with Gasteiger partial charge in [0.15, 0.2) is 17.3 Å². The van der Waals surface area contributed by atoms with Crippen molar-refractivity contribution < 1.29 is 88.6 Å². The zero-order chi connectivity index (χ0) is 35.7. The average molecular weight is 700 g/mol. The number of esters is 1. The number of hydrogen-bond acceptors (Lipinski definition) is 17. The van der Waals surface area contributed by atoms with Crippen molar-refractivity contribution in [2.45, 2.75) is 74.4 Å². The number of ether oxygens (including phenoxy) is 8. The van der Waals surface area contributed by atoms with Gasteiger partial charge in [-0.15, -0.1) is 0 Å². The van der Waals surface area contributed by atoms with Crippen molar-refractivity contribution >= 4 is 12.0 Å². The van der Waals surface area contributed by atoms with E-state index in [9.17, 15) is 50.8 Å². The van der Waals surface area contributed by atoms with Crippen LogP contribution in [0, 0.1) is 0 Å². The molecule has 3 aliphatic rings. The fraction of sp³-hybridized carbons (Fsp3) is 0.516. The molecule has 10 N–H and O–H groups in total. The third-order valence-corrected chi connectivity index (χ3v) is 8.21. The van der Waals surface area contributed by atoms with Crippen LogP contribution in [0.15, 0.2) is 30.0 Å². The van der Waals surface area contributed by atoms with Gasteiger partial charge in [0.05, 0.1) is 32.5 Å². The number of fused-ring (bicyclic) bond motifs is 1. The molecule has 49 heavy (non-hydrogen) atoms. The molecule has 11 atom stereocenters. The maximum Gasteiger partial charge on any atom is 0.302 e. The van der Waals surface area contributed by atoms with Crippen LogP contribution in [0.1, 0.15) is 24.2 Å². The molecule has 5 rings (SSSR count). The summed E-state index contributed by atoms with van der Waals surface area (Å²) in [6.45, 7) is -0.0780. The molecule has 0 bridgehead atoms. The van der Waals surface area contributed by atoms with Crippen LogP contribution in [0.5, 0.6) is 34.5 Å². The number of hydrogen-bond donors (Lipinski definition) is 9. The van der Waals surface area contributed by atoms with E-state index in [0.29, 0.717) is 5.56 Å². The smallest absolute Gasteiger partial charge is 0.302 e. The summed E-state index contributed by atoms with van der Waals surface area (Å²) in [5, 5.41) is 93.7. The number of aliphatic hydroxyl groups excluding tert-OH is 7. The van der Waals surface area contributed by atoms with Crippen LogP contribution in [-0.2, 0) is 23.7 Å². The zero-order valence-corrected chi connectivity index (χ0v) is 26.4. The topological polar surface area (TPSA) is 277 Å². The SMILES string of the molecule is COc1cc(C2[OH+]c3cc(O)cc(OC4OC(CO)C(O)C(O)C4O)c3C=C2OC2OC(COC(C)=O)C(O)C(O)C2O)cc(OC)c1O. The van der Waals surface area contributed by atoms with E-state index in [2.05, 4.69) is 0 Å². The van der Waals surface area contributed by atoms with Crippen LogP contribution in [0.3, 0.4) is 0 Å². The molecule has 0 radical (unpaired) electrons. The summed E-state index contributed by atoms with van der Waals surface area (Å²) in [5.74, 6) is -1.54. The number of carbonyl (C=O) groups is 1. The van der Waals surface area contributed by atoms with Gasteiger partial charge in [0.25, 0.3) is 11.9 Å². The van der Waals surface area contributed by atoms with Crippen molar-refractivity contribution in [3.05, 3.63) is 41.2 Å². The molecule has 18 heteroatoms. The van der Waals surface area contributed by atoms with Gasteiger partial charge >= 0.3 is 5.97 Å². The fourth-order valence-electron chi connectivity index (χ4n) is 5.56. The first kappa shape index (κ1) is 36.2. The molecule has 0 spiro atoms. The van der Waals surface area contributed by atoms with Gasteiger partial charge in [0.1, 0.15) is 72.5 Å². The normalized spacial score (nSPS) is 32.6. The van der Waals surface area contributed by atoms with Crippen molar-refractivity contribution in [1.82, 2.24) is 0 Å². The average Bonchev–Trinajstić information content (AvgIpc) is 3.08. The van der Waals surface area contributed by atoms with Gasteiger partial charge in [-0.3, -0.25) is 4.79 Å². The minimum absolute atomic E-state index is 0.00816. The minimum atomic E-state index is -1.83. The van der Waals surface area contributed by atoms with Crippen LogP contribution in [0.25, 0.3) is 6.08 Å². The highest BCUT2D eigenvalue weighted by molar-refractivity contribution is 5.70. The van der Waals surface area contributed by atoms with Gasteiger partial charge in [0.2, 0.25) is 18.3 Å². The third kappa shape index (κ3) is 7.28. The van der Waals surface area contributed by atoms with E-state index in [1.54, 1.807) is 0 Å². The summed E-state index contributed by atoms with van der Waals surface area (Å²) < 4.78 is 43.3. The monoisotopic (exact) mass is 699 g/mol. The number of methoxy groups -OCH3 is 2. The Morgan fingerprint density at radius 2 is 1.35 bits per heavy atom. The van der Waals surface area contributed by atoms with Crippen LogP contribution in [-0.4, -0.2) is 146 Å². The Morgan fingerprint density at radius 1 is 0.776 bits per heavy atom. The molecule has 3 heterocycles. The van der Waals surface area contributed by atoms with E-state index in [0.717, 1.165) is 13.0 Å². The molecule has 3 aliphatic heterocycles. The maximum absolute atomic E-state index is 11.4. The van der Waals surface area contributed by atoms with Gasteiger partial charge in [-0.25, -0.2) is 0 Å². The fourth-order valence-corrected chi connectivity index (χ4v) is 5.56. The van der Waals surface area contributed by atoms with Gasteiger partial charge in [0, 0.05) is 19.1 Å². The Labute approximate surface area is 278 Å². The number of benzene rings is 2. The molecule has 2 aromatic carbocycles. The largest absolute Gasteiger partial charge is 0.571 e. The minimum Gasteiger partial charge on any atom is -0.571 e. The molecule has 18 nitrogen and oxygen atoms in total. The Hall–Kier alpha value is -4.11. The zero-order valence-electron chi connectivity index (χ0n) is 26.4. The Bertz CT molecular complexity index is 1500. The number of carbonyl (C=O) groups excluding carboxylic acids is 1. The molecule has 270 valence electrons. The highest BCUT2D eigenvalue weighted by atomic mass is 16.7. The van der Waals surface area contributed by atoms with Crippen molar-refractivity contribution in [2.75, 3.05) is 27.4 Å². The Balaban J connectivity index is 1.57. The lowest BCUT2D eigenvalue weighted by Crippen LogP contribution is -2.60. The molecule has 2 fully saturated rings. The number of phenols is 2. The van der Waals surface area contributed by atoms with Crippen molar-refractivity contribution in [3.63, 3.8) is 0 Å². The lowest BCUT2D eigenvalue weighted by atomic mass is 9.98. The van der Waals surface area contributed by atoms with Crippen LogP contribution in [0.4, 0.5) is 0 Å². The van der Waals surface area contributed by atoms with E-state index in [4.69, 9.17) is 37.9 Å². The highest BCUT2D eigenvalue weighted by Gasteiger charge is 2.48. The molecule has 2 saturated heterocycles. The van der Waals surface area contributed by atoms with Crippen LogP contribution < -0.4 is 14.2 Å². The summed E-state index contributed by atoms with van der Waals surface area (Å²) in [5.41, 5.74) is 0.409. The first-order chi connectivity index (χ1) is 23.3. The second kappa shape index (κ2) is 14.8. The first-order valence-electron chi connectivity index (χ1n) is 15.0. The molecule has 2 aromatic rings. The van der Waals surface area contributed by atoms with Crippen LogP contribution >= 0.6 is 0 Å². The summed E-state index contributed by atoms with van der Waals surface area (Å²) in [6.07, 6.45) is -16.3. The van der Waals surface area contributed by atoms with Crippen molar-refractivity contribution in [3.8, 4) is 34.5 Å². The predicted molar refractivity (Wildman–Crippen MR) is 160 cm³/mol. The van der Waals surface area contributed by atoms with Gasteiger partial charge < -0.3 is 83.9 Å². The highest BCUT2D eigenvalue weighted by Crippen LogP contribution is 2.48. The number of aromatic hydroxyl groups is 3. The lowest BCUT2D eigenvalue weighted by Gasteiger charge is -2.41. The summed E-state index contributed by atoms with van der Waals surface area (Å²) in [4.78, 5) is 11.4. The molecular weight excluding hydrogens is 660 g/mol. The van der Waals surface area contributed by atoms with Gasteiger partial charge in [-0.2, -0.15) is 0 Å². The van der Waals surface area contributed by atoms with Crippen LogP contribution in [0.2, 0.25) is 0 Å². The maximum atomic E-state index is 11.4. The molecule has 0 aromatic heterocycles. The quantitative estimate of drug-likeness (QED) is 0.0960. The summed E-state index contributed by atoms with van der Waals surface area (Å²) in [7, 11) is 2.61. The molecular formula is C31H39O18+. The molecule has 0 aliphatic carbocycles. The third-order valence-electron chi connectivity index (χ3n) is 8.21. The van der Waals surface area contributed by atoms with E-state index >= 15 is 0 Å². The van der Waals surface area contributed by atoms with E-state index in [-0.39, 0.29) is 45.8 Å². The number of rotatable bonds is 10. The molecule has 11 unspecified atom stereocenters. The molecule has 0 saturated carbocycles. The molecule has 0 amide bonds. The number of phenolic OH excluding ortho intramolecular Hbond substituents is 2. The Morgan fingerprint density at radius 3 is 1.92 bits per heavy atom. The second-order valence-electron chi connectivity index (χ2n) is 11.5. The summed E-state index contributed by atoms with van der Waals surface area (Å²) in [6, 6.07) is 5.25. The predicted octanol–water partition coefficient (Wildman–Crippen LogP) is -1.98. The van der Waals surface area contributed by atoms with Gasteiger partial charge in [-0.1, -0.05) is 0 Å². The van der Waals surface area contributed by atoms with E-state index in [1.807, 2.05) is 0 Å².